The summed E-state index contributed by atoms with van der Waals surface area (Å²) in [6.45, 7) is 0.582. The lowest BCUT2D eigenvalue weighted by molar-refractivity contribution is 0.557. The summed E-state index contributed by atoms with van der Waals surface area (Å²) in [6, 6.07) is 9.57. The number of hydrogen-bond donors (Lipinski definition) is 3. The highest BCUT2D eigenvalue weighted by Gasteiger charge is 2.29. The second-order valence-electron chi connectivity index (χ2n) is 5.19. The van der Waals surface area contributed by atoms with Gasteiger partial charge in [0.25, 0.3) is 0 Å². The van der Waals surface area contributed by atoms with Crippen LogP contribution in [0, 0.1) is 0 Å². The van der Waals surface area contributed by atoms with Gasteiger partial charge in [-0.15, -0.1) is 0 Å². The number of nitrogens with one attached hydrogen (secondary N) is 3. The lowest BCUT2D eigenvalue weighted by Crippen LogP contribution is -2.35. The molecule has 0 spiro atoms. The van der Waals surface area contributed by atoms with Crippen molar-refractivity contribution in [2.24, 2.45) is 0 Å². The predicted molar refractivity (Wildman–Crippen MR) is 78.9 cm³/mol. The standard InChI is InChI=1S/C13H17N5O2S/c1-21(19,20)18-10-7-11(14-8-10)13-15-12(16-17-13)9-5-3-2-4-6-9/h2-6,10-11,14,18H,7-8H2,1H3,(H,15,16,17)/t10-,11-/m0/s1. The van der Waals surface area contributed by atoms with Gasteiger partial charge in [-0.1, -0.05) is 30.3 Å². The third-order valence-corrected chi connectivity index (χ3v) is 4.14. The number of H-pyrrole nitrogens is 1. The quantitative estimate of drug-likeness (QED) is 0.760. The minimum Gasteiger partial charge on any atom is -0.306 e. The molecule has 0 saturated carbocycles. The van der Waals surface area contributed by atoms with Crippen LogP contribution in [-0.2, 0) is 10.0 Å². The Labute approximate surface area is 123 Å². The number of aromatic amines is 1. The van der Waals surface area contributed by atoms with Crippen molar-refractivity contribution < 1.29 is 8.42 Å². The summed E-state index contributed by atoms with van der Waals surface area (Å²) in [4.78, 5) is 4.49. The minimum atomic E-state index is -3.19. The molecule has 112 valence electrons. The third-order valence-electron chi connectivity index (χ3n) is 3.38. The first-order chi connectivity index (χ1) is 10.0. The summed E-state index contributed by atoms with van der Waals surface area (Å²) in [5, 5.41) is 10.4. The molecule has 1 aliphatic rings. The van der Waals surface area contributed by atoms with Crippen LogP contribution in [0.2, 0.25) is 0 Å². The average molecular weight is 307 g/mol. The van der Waals surface area contributed by atoms with Crippen molar-refractivity contribution in [3.63, 3.8) is 0 Å². The highest BCUT2D eigenvalue weighted by molar-refractivity contribution is 7.88. The van der Waals surface area contributed by atoms with Crippen molar-refractivity contribution in [2.45, 2.75) is 18.5 Å². The molecule has 1 fully saturated rings. The van der Waals surface area contributed by atoms with Gasteiger partial charge in [0.15, 0.2) is 5.82 Å². The van der Waals surface area contributed by atoms with Gasteiger partial charge in [-0.2, -0.15) is 5.10 Å². The molecule has 1 aromatic heterocycles. The van der Waals surface area contributed by atoms with Crippen LogP contribution in [0.25, 0.3) is 11.4 Å². The van der Waals surface area contributed by atoms with Gasteiger partial charge in [-0.05, 0) is 6.42 Å². The molecule has 7 nitrogen and oxygen atoms in total. The van der Waals surface area contributed by atoms with Gasteiger partial charge in [-0.3, -0.25) is 5.10 Å². The van der Waals surface area contributed by atoms with E-state index in [0.29, 0.717) is 18.8 Å². The molecule has 1 aromatic carbocycles. The maximum Gasteiger partial charge on any atom is 0.208 e. The second-order valence-corrected chi connectivity index (χ2v) is 6.97. The Morgan fingerprint density at radius 1 is 1.29 bits per heavy atom. The molecule has 0 bridgehead atoms. The number of hydrogen-bond acceptors (Lipinski definition) is 5. The molecule has 1 aliphatic heterocycles. The summed E-state index contributed by atoms with van der Waals surface area (Å²) >= 11 is 0. The van der Waals surface area contributed by atoms with E-state index in [1.807, 2.05) is 30.3 Å². The van der Waals surface area contributed by atoms with Gasteiger partial charge >= 0.3 is 0 Å². The Morgan fingerprint density at radius 2 is 2.05 bits per heavy atom. The van der Waals surface area contributed by atoms with Crippen molar-refractivity contribution in [1.82, 2.24) is 25.2 Å². The van der Waals surface area contributed by atoms with E-state index in [1.54, 1.807) is 0 Å². The van der Waals surface area contributed by atoms with Crippen LogP contribution in [-0.4, -0.2) is 42.4 Å². The summed E-state index contributed by atoms with van der Waals surface area (Å²) in [5.74, 6) is 1.37. The third kappa shape index (κ3) is 3.46. The van der Waals surface area contributed by atoms with Crippen LogP contribution in [0.1, 0.15) is 18.3 Å². The molecule has 3 rings (SSSR count). The molecule has 2 aromatic rings. The van der Waals surface area contributed by atoms with Gasteiger partial charge in [-0.25, -0.2) is 18.1 Å². The van der Waals surface area contributed by atoms with Crippen molar-refractivity contribution in [1.29, 1.82) is 0 Å². The summed E-state index contributed by atoms with van der Waals surface area (Å²) in [5.41, 5.74) is 0.948. The smallest absolute Gasteiger partial charge is 0.208 e. The average Bonchev–Trinajstić information content (AvgIpc) is 3.06. The summed E-state index contributed by atoms with van der Waals surface area (Å²) in [7, 11) is -3.19. The minimum absolute atomic E-state index is 0.0192. The fraction of sp³-hybridized carbons (Fsp3) is 0.385. The van der Waals surface area contributed by atoms with Gasteiger partial charge in [0.2, 0.25) is 10.0 Å². The van der Waals surface area contributed by atoms with E-state index in [9.17, 15) is 8.42 Å². The van der Waals surface area contributed by atoms with E-state index in [0.717, 1.165) is 11.4 Å². The van der Waals surface area contributed by atoms with Gasteiger partial charge in [0.05, 0.1) is 12.3 Å². The second kappa shape index (κ2) is 5.55. The molecule has 0 amide bonds. The largest absolute Gasteiger partial charge is 0.306 e. The highest BCUT2D eigenvalue weighted by Crippen LogP contribution is 2.23. The molecular formula is C13H17N5O2S. The molecule has 0 radical (unpaired) electrons. The Bertz CT molecular complexity index is 713. The SMILES string of the molecule is CS(=O)(=O)N[C@@H]1CN[C@H](c2nc(-c3ccccc3)n[nH]2)C1. The van der Waals surface area contributed by atoms with E-state index in [1.165, 1.54) is 6.26 Å². The highest BCUT2D eigenvalue weighted by atomic mass is 32.2. The first kappa shape index (κ1) is 14.2. The van der Waals surface area contributed by atoms with Gasteiger partial charge in [0, 0.05) is 18.2 Å². The Balaban J connectivity index is 1.71. The normalized spacial score (nSPS) is 22.5. The van der Waals surface area contributed by atoms with E-state index < -0.39 is 10.0 Å². The molecular weight excluding hydrogens is 290 g/mol. The van der Waals surface area contributed by atoms with Crippen LogP contribution in [0.4, 0.5) is 0 Å². The molecule has 3 N–H and O–H groups in total. The summed E-state index contributed by atoms with van der Waals surface area (Å²) < 4.78 is 25.1. The van der Waals surface area contributed by atoms with E-state index in [4.69, 9.17) is 0 Å². The van der Waals surface area contributed by atoms with Gasteiger partial charge in [0.1, 0.15) is 5.82 Å². The fourth-order valence-electron chi connectivity index (χ4n) is 2.48. The van der Waals surface area contributed by atoms with Crippen molar-refractivity contribution in [3.05, 3.63) is 36.2 Å². The first-order valence-electron chi connectivity index (χ1n) is 6.70. The zero-order chi connectivity index (χ0) is 14.9. The first-order valence-corrected chi connectivity index (χ1v) is 8.59. The number of aromatic nitrogens is 3. The summed E-state index contributed by atoms with van der Waals surface area (Å²) in [6.07, 6.45) is 1.82. The Hall–Kier alpha value is -1.77. The van der Waals surface area contributed by atoms with E-state index >= 15 is 0 Å². The number of benzene rings is 1. The predicted octanol–water partition coefficient (Wildman–Crippen LogP) is 0.424. The lowest BCUT2D eigenvalue weighted by atomic mass is 10.2. The number of rotatable bonds is 4. The zero-order valence-electron chi connectivity index (χ0n) is 11.6. The fourth-order valence-corrected chi connectivity index (χ4v) is 3.27. The zero-order valence-corrected chi connectivity index (χ0v) is 12.4. The molecule has 21 heavy (non-hydrogen) atoms. The monoisotopic (exact) mass is 307 g/mol. The van der Waals surface area contributed by atoms with Crippen LogP contribution in [0.5, 0.6) is 0 Å². The molecule has 8 heteroatoms. The number of sulfonamides is 1. The Kier molecular flexibility index (Phi) is 3.75. The maximum atomic E-state index is 11.2. The molecule has 2 atom stereocenters. The van der Waals surface area contributed by atoms with E-state index in [2.05, 4.69) is 25.2 Å². The van der Waals surface area contributed by atoms with Crippen molar-refractivity contribution in [2.75, 3.05) is 12.8 Å². The van der Waals surface area contributed by atoms with Crippen LogP contribution in [0.3, 0.4) is 0 Å². The van der Waals surface area contributed by atoms with Gasteiger partial charge < -0.3 is 5.32 Å². The van der Waals surface area contributed by atoms with Crippen molar-refractivity contribution in [3.8, 4) is 11.4 Å². The Morgan fingerprint density at radius 3 is 2.76 bits per heavy atom. The van der Waals surface area contributed by atoms with Crippen LogP contribution >= 0.6 is 0 Å². The van der Waals surface area contributed by atoms with Crippen LogP contribution < -0.4 is 10.0 Å². The number of nitrogens with zero attached hydrogens (tertiary/aromatic N) is 2. The van der Waals surface area contributed by atoms with E-state index in [-0.39, 0.29) is 12.1 Å². The van der Waals surface area contributed by atoms with Crippen LogP contribution in [0.15, 0.2) is 30.3 Å². The maximum absolute atomic E-state index is 11.2. The molecule has 2 heterocycles. The molecule has 1 saturated heterocycles. The topological polar surface area (TPSA) is 99.8 Å². The molecule has 0 aliphatic carbocycles. The van der Waals surface area contributed by atoms with Crippen molar-refractivity contribution >= 4 is 10.0 Å². The lowest BCUT2D eigenvalue weighted by Gasteiger charge is -2.08. The molecule has 0 unspecified atom stereocenters.